The zero-order valence-corrected chi connectivity index (χ0v) is 12.1. The summed E-state index contributed by atoms with van der Waals surface area (Å²) in [5, 5.41) is 1.76. The van der Waals surface area contributed by atoms with Crippen LogP contribution in [-0.4, -0.2) is 38.5 Å². The molecule has 0 amide bonds. The van der Waals surface area contributed by atoms with Gasteiger partial charge < -0.3 is 10.5 Å². The van der Waals surface area contributed by atoms with E-state index in [1.165, 1.54) is 15.6 Å². The molecule has 2 rings (SSSR count). The lowest BCUT2D eigenvalue weighted by Crippen LogP contribution is -2.41. The van der Waals surface area contributed by atoms with Crippen LogP contribution in [0.1, 0.15) is 18.2 Å². The lowest BCUT2D eigenvalue weighted by atomic mass is 10.2. The van der Waals surface area contributed by atoms with Gasteiger partial charge in [0.2, 0.25) is 10.0 Å². The fourth-order valence-corrected chi connectivity index (χ4v) is 4.99. The minimum atomic E-state index is -3.47. The summed E-state index contributed by atoms with van der Waals surface area (Å²) in [5.74, 6) is 0. The third-order valence-corrected chi connectivity index (χ3v) is 6.39. The minimum absolute atomic E-state index is 0.0651. The number of ether oxygens (including phenoxy) is 1. The number of rotatable bonds is 4. The number of sulfonamides is 1. The molecule has 1 saturated heterocycles. The Morgan fingerprint density at radius 1 is 1.61 bits per heavy atom. The molecule has 18 heavy (non-hydrogen) atoms. The number of likely N-dealkylation sites (N-methyl/N-ethyl adjacent to an activating group) is 1. The van der Waals surface area contributed by atoms with Crippen molar-refractivity contribution in [1.82, 2.24) is 4.31 Å². The normalized spacial score (nSPS) is 24.9. The third kappa shape index (κ3) is 2.33. The van der Waals surface area contributed by atoms with Crippen LogP contribution >= 0.6 is 11.3 Å². The Morgan fingerprint density at radius 2 is 2.33 bits per heavy atom. The molecule has 0 saturated carbocycles. The largest absolute Gasteiger partial charge is 0.377 e. The van der Waals surface area contributed by atoms with Crippen molar-refractivity contribution in [1.29, 1.82) is 0 Å². The highest BCUT2D eigenvalue weighted by Crippen LogP contribution is 2.28. The van der Waals surface area contributed by atoms with Crippen LogP contribution in [0.3, 0.4) is 0 Å². The number of nitrogens with two attached hydrogens (primary N) is 1. The standard InChI is InChI=1S/C11H18N2O3S2/c1-8-9(3-5-16-8)13(2)18(14,15)11-4-6-17-10(11)7-12/h4,6,8-9H,3,5,7,12H2,1-2H3. The highest BCUT2D eigenvalue weighted by Gasteiger charge is 2.36. The van der Waals surface area contributed by atoms with Gasteiger partial charge in [-0.25, -0.2) is 8.42 Å². The van der Waals surface area contributed by atoms with Gasteiger partial charge in [-0.05, 0) is 24.8 Å². The lowest BCUT2D eigenvalue weighted by molar-refractivity contribution is 0.102. The number of hydrogen-bond acceptors (Lipinski definition) is 5. The molecular formula is C11H18N2O3S2. The average Bonchev–Trinajstić information content (AvgIpc) is 2.95. The van der Waals surface area contributed by atoms with E-state index in [-0.39, 0.29) is 18.7 Å². The van der Waals surface area contributed by atoms with Gasteiger partial charge in [0.15, 0.2) is 0 Å². The van der Waals surface area contributed by atoms with Crippen LogP contribution in [0.2, 0.25) is 0 Å². The van der Waals surface area contributed by atoms with E-state index >= 15 is 0 Å². The first kappa shape index (κ1) is 14.0. The summed E-state index contributed by atoms with van der Waals surface area (Å²) in [6, 6.07) is 1.53. The third-order valence-electron chi connectivity index (χ3n) is 3.35. The Morgan fingerprint density at radius 3 is 2.89 bits per heavy atom. The molecule has 2 unspecified atom stereocenters. The molecule has 0 aromatic carbocycles. The van der Waals surface area contributed by atoms with Gasteiger partial charge in [-0.1, -0.05) is 0 Å². The van der Waals surface area contributed by atoms with Gasteiger partial charge in [0, 0.05) is 25.1 Å². The summed E-state index contributed by atoms with van der Waals surface area (Å²) in [6.07, 6.45) is 0.670. The first-order valence-corrected chi connectivity index (χ1v) is 8.16. The zero-order chi connectivity index (χ0) is 13.3. The van der Waals surface area contributed by atoms with Crippen molar-refractivity contribution in [2.45, 2.75) is 36.9 Å². The van der Waals surface area contributed by atoms with Gasteiger partial charge in [0.05, 0.1) is 17.0 Å². The van der Waals surface area contributed by atoms with Crippen molar-refractivity contribution < 1.29 is 13.2 Å². The molecule has 1 aromatic rings. The molecular weight excluding hydrogens is 272 g/mol. The maximum atomic E-state index is 12.5. The fourth-order valence-electron chi connectivity index (χ4n) is 2.24. The fraction of sp³-hybridized carbons (Fsp3) is 0.636. The second-order valence-electron chi connectivity index (χ2n) is 4.37. The van der Waals surface area contributed by atoms with Gasteiger partial charge >= 0.3 is 0 Å². The van der Waals surface area contributed by atoms with Gasteiger partial charge in [-0.3, -0.25) is 0 Å². The number of nitrogens with zero attached hydrogens (tertiary/aromatic N) is 1. The van der Waals surface area contributed by atoms with Crippen LogP contribution in [0.25, 0.3) is 0 Å². The topological polar surface area (TPSA) is 72.6 Å². The number of thiophene rings is 1. The van der Waals surface area contributed by atoms with Crippen LogP contribution in [-0.2, 0) is 21.3 Å². The molecule has 0 aliphatic carbocycles. The SMILES string of the molecule is CC1OCCC1N(C)S(=O)(=O)c1ccsc1CN. The highest BCUT2D eigenvalue weighted by molar-refractivity contribution is 7.89. The summed E-state index contributed by atoms with van der Waals surface area (Å²) in [5.41, 5.74) is 5.58. The van der Waals surface area contributed by atoms with Crippen LogP contribution in [0.4, 0.5) is 0 Å². The van der Waals surface area contributed by atoms with Gasteiger partial charge in [0.25, 0.3) is 0 Å². The summed E-state index contributed by atoms with van der Waals surface area (Å²) in [4.78, 5) is 1.03. The predicted molar refractivity (Wildman–Crippen MR) is 71.0 cm³/mol. The summed E-state index contributed by atoms with van der Waals surface area (Å²) in [6.45, 7) is 2.76. The van der Waals surface area contributed by atoms with Crippen LogP contribution in [0, 0.1) is 0 Å². The highest BCUT2D eigenvalue weighted by atomic mass is 32.2. The molecule has 7 heteroatoms. The molecule has 5 nitrogen and oxygen atoms in total. The second kappa shape index (κ2) is 5.26. The molecule has 1 aliphatic rings. The zero-order valence-electron chi connectivity index (χ0n) is 10.5. The van der Waals surface area contributed by atoms with Gasteiger partial charge in [-0.15, -0.1) is 11.3 Å². The Hall–Kier alpha value is -0.470. The quantitative estimate of drug-likeness (QED) is 0.898. The van der Waals surface area contributed by atoms with Crippen molar-refractivity contribution in [2.24, 2.45) is 5.73 Å². The average molecular weight is 290 g/mol. The van der Waals surface area contributed by atoms with E-state index in [1.54, 1.807) is 18.5 Å². The molecule has 2 heterocycles. The van der Waals surface area contributed by atoms with Crippen molar-refractivity contribution >= 4 is 21.4 Å². The Labute approximate surface area is 112 Å². The van der Waals surface area contributed by atoms with E-state index in [1.807, 2.05) is 6.92 Å². The van der Waals surface area contributed by atoms with Crippen molar-refractivity contribution in [3.05, 3.63) is 16.3 Å². The van der Waals surface area contributed by atoms with Crippen molar-refractivity contribution in [3.8, 4) is 0 Å². The molecule has 0 radical (unpaired) electrons. The van der Waals surface area contributed by atoms with Crippen molar-refractivity contribution in [3.63, 3.8) is 0 Å². The van der Waals surface area contributed by atoms with Gasteiger partial charge in [-0.2, -0.15) is 4.31 Å². The molecule has 2 atom stereocenters. The Bertz CT molecular complexity index is 512. The van der Waals surface area contributed by atoms with E-state index < -0.39 is 10.0 Å². The van der Waals surface area contributed by atoms with Crippen molar-refractivity contribution in [2.75, 3.05) is 13.7 Å². The second-order valence-corrected chi connectivity index (χ2v) is 7.33. The van der Waals surface area contributed by atoms with Gasteiger partial charge in [0.1, 0.15) is 0 Å². The maximum absolute atomic E-state index is 12.5. The van der Waals surface area contributed by atoms with E-state index in [2.05, 4.69) is 0 Å². The van der Waals surface area contributed by atoms with Crippen LogP contribution in [0.15, 0.2) is 16.3 Å². The summed E-state index contributed by atoms with van der Waals surface area (Å²) >= 11 is 1.38. The molecule has 0 spiro atoms. The maximum Gasteiger partial charge on any atom is 0.244 e. The molecule has 1 aromatic heterocycles. The minimum Gasteiger partial charge on any atom is -0.377 e. The van der Waals surface area contributed by atoms with E-state index in [4.69, 9.17) is 10.5 Å². The molecule has 0 bridgehead atoms. The Kier molecular flexibility index (Phi) is 4.08. The predicted octanol–water partition coefficient (Wildman–Crippen LogP) is 1.00. The van der Waals surface area contributed by atoms with E-state index in [0.29, 0.717) is 16.4 Å². The van der Waals surface area contributed by atoms with Crippen LogP contribution < -0.4 is 5.73 Å². The molecule has 102 valence electrons. The van der Waals surface area contributed by atoms with E-state index in [0.717, 1.165) is 6.42 Å². The summed E-state index contributed by atoms with van der Waals surface area (Å²) < 4.78 is 31.9. The Balaban J connectivity index is 2.31. The smallest absolute Gasteiger partial charge is 0.244 e. The first-order valence-electron chi connectivity index (χ1n) is 5.84. The molecule has 1 fully saturated rings. The first-order chi connectivity index (χ1) is 8.48. The van der Waals surface area contributed by atoms with E-state index in [9.17, 15) is 8.42 Å². The summed E-state index contributed by atoms with van der Waals surface area (Å²) in [7, 11) is -1.86. The lowest BCUT2D eigenvalue weighted by Gasteiger charge is -2.26. The van der Waals surface area contributed by atoms with Crippen LogP contribution in [0.5, 0.6) is 0 Å². The molecule has 2 N–H and O–H groups in total. The monoisotopic (exact) mass is 290 g/mol. The number of hydrogen-bond donors (Lipinski definition) is 1. The molecule has 1 aliphatic heterocycles.